The van der Waals surface area contributed by atoms with Gasteiger partial charge in [0.05, 0.1) is 13.2 Å². The Morgan fingerprint density at radius 3 is 1.19 bits per heavy atom. The summed E-state index contributed by atoms with van der Waals surface area (Å²) in [6.45, 7) is 6.13. The molecule has 0 amide bonds. The summed E-state index contributed by atoms with van der Waals surface area (Å²) in [5, 5.41) is 10.6. The van der Waals surface area contributed by atoms with E-state index in [0.717, 1.165) is 49.5 Å². The molecule has 0 radical (unpaired) electrons. The third-order valence-corrected chi connectivity index (χ3v) is 9.33. The summed E-state index contributed by atoms with van der Waals surface area (Å²) in [5.41, 5.74) is 4.58. The van der Waals surface area contributed by atoms with Gasteiger partial charge in [-0.3, -0.25) is 0 Å². The van der Waals surface area contributed by atoms with Gasteiger partial charge in [-0.05, 0) is 71.8 Å². The van der Waals surface area contributed by atoms with Crippen LogP contribution in [0.2, 0.25) is 0 Å². The highest BCUT2D eigenvalue weighted by atomic mass is 16.5. The second kappa shape index (κ2) is 25.1. The molecule has 3 heteroatoms. The van der Waals surface area contributed by atoms with Crippen molar-refractivity contribution in [2.24, 2.45) is 0 Å². The zero-order chi connectivity index (χ0) is 33.2. The maximum atomic E-state index is 10.6. The summed E-state index contributed by atoms with van der Waals surface area (Å²) in [6.07, 6.45) is 28.3. The lowest BCUT2D eigenvalue weighted by atomic mass is 9.98. The summed E-state index contributed by atoms with van der Waals surface area (Å²) in [5.74, 6) is 2.23. The minimum atomic E-state index is 0.353. The SMILES string of the molecule is CCCCCCCCCCCCOc1ccc(Cc2ccc(O)c(Cc3ccc(OCCCCCCCCCCCC)cc3)c2)cc1. The van der Waals surface area contributed by atoms with Gasteiger partial charge in [0.2, 0.25) is 0 Å². The molecule has 260 valence electrons. The van der Waals surface area contributed by atoms with Crippen molar-refractivity contribution in [1.29, 1.82) is 0 Å². The van der Waals surface area contributed by atoms with E-state index in [1.165, 1.54) is 132 Å². The molecule has 0 saturated carbocycles. The Morgan fingerprint density at radius 1 is 0.404 bits per heavy atom. The normalized spacial score (nSPS) is 11.2. The monoisotopic (exact) mass is 643 g/mol. The van der Waals surface area contributed by atoms with Crippen LogP contribution < -0.4 is 9.47 Å². The lowest BCUT2D eigenvalue weighted by Crippen LogP contribution is -1.98. The molecule has 3 rings (SSSR count). The number of rotatable bonds is 28. The summed E-state index contributed by atoms with van der Waals surface area (Å²) in [6, 6.07) is 22.9. The van der Waals surface area contributed by atoms with Gasteiger partial charge in [0.1, 0.15) is 17.2 Å². The first-order valence-corrected chi connectivity index (χ1v) is 19.4. The quantitative estimate of drug-likeness (QED) is 0.0801. The van der Waals surface area contributed by atoms with E-state index in [1.807, 2.05) is 12.1 Å². The molecule has 0 unspecified atom stereocenters. The molecule has 3 aromatic rings. The van der Waals surface area contributed by atoms with Gasteiger partial charge in [0, 0.05) is 6.42 Å². The fourth-order valence-electron chi connectivity index (χ4n) is 6.31. The molecule has 0 aliphatic carbocycles. The largest absolute Gasteiger partial charge is 0.508 e. The molecular formula is C44H66O3. The Kier molecular flexibility index (Phi) is 20.6. The predicted octanol–water partition coefficient (Wildman–Crippen LogP) is 13.2. The standard InChI is InChI=1S/C44H66O3/c1-3-5-7-9-11-13-15-17-19-21-33-46-42-28-23-38(24-29-42)35-40-27-32-44(45)41(37-40)36-39-25-30-43(31-26-39)47-34-22-20-18-16-14-12-10-8-6-4-2/h23-32,37,45H,3-22,33-36H2,1-2H3. The fraction of sp³-hybridized carbons (Fsp3) is 0.591. The number of phenols is 1. The number of benzene rings is 3. The maximum Gasteiger partial charge on any atom is 0.119 e. The van der Waals surface area contributed by atoms with Crippen molar-refractivity contribution in [2.45, 2.75) is 155 Å². The van der Waals surface area contributed by atoms with Gasteiger partial charge in [-0.25, -0.2) is 0 Å². The number of ether oxygens (including phenoxy) is 2. The van der Waals surface area contributed by atoms with Gasteiger partial charge in [0.15, 0.2) is 0 Å². The Balaban J connectivity index is 1.30. The van der Waals surface area contributed by atoms with E-state index >= 15 is 0 Å². The Labute approximate surface area is 288 Å². The van der Waals surface area contributed by atoms with E-state index in [0.29, 0.717) is 12.2 Å². The molecule has 3 aromatic carbocycles. The summed E-state index contributed by atoms with van der Waals surface area (Å²) >= 11 is 0. The van der Waals surface area contributed by atoms with E-state index < -0.39 is 0 Å². The molecule has 1 N–H and O–H groups in total. The average Bonchev–Trinajstić information content (AvgIpc) is 3.09. The van der Waals surface area contributed by atoms with Crippen LogP contribution in [0.1, 0.15) is 165 Å². The molecule has 0 spiro atoms. The van der Waals surface area contributed by atoms with Gasteiger partial charge < -0.3 is 14.6 Å². The minimum absolute atomic E-state index is 0.353. The molecule has 0 aliphatic heterocycles. The molecule has 0 fully saturated rings. The van der Waals surface area contributed by atoms with Crippen LogP contribution >= 0.6 is 0 Å². The molecular weight excluding hydrogens is 576 g/mol. The number of aromatic hydroxyl groups is 1. The van der Waals surface area contributed by atoms with Crippen LogP contribution in [0.25, 0.3) is 0 Å². The molecule has 0 heterocycles. The van der Waals surface area contributed by atoms with Gasteiger partial charge in [-0.1, -0.05) is 166 Å². The molecule has 0 aromatic heterocycles. The second-order valence-electron chi connectivity index (χ2n) is 13.7. The first-order valence-electron chi connectivity index (χ1n) is 19.4. The van der Waals surface area contributed by atoms with Crippen molar-refractivity contribution in [3.63, 3.8) is 0 Å². The van der Waals surface area contributed by atoms with Crippen LogP contribution in [0.5, 0.6) is 17.2 Å². The Morgan fingerprint density at radius 2 is 0.766 bits per heavy atom. The Bertz CT molecular complexity index is 1170. The van der Waals surface area contributed by atoms with Crippen LogP contribution in [0.15, 0.2) is 66.7 Å². The smallest absolute Gasteiger partial charge is 0.119 e. The number of unbranched alkanes of at least 4 members (excludes halogenated alkanes) is 18. The summed E-state index contributed by atoms with van der Waals surface area (Å²) in [7, 11) is 0. The highest BCUT2D eigenvalue weighted by Gasteiger charge is 2.07. The average molecular weight is 643 g/mol. The van der Waals surface area contributed by atoms with Gasteiger partial charge in [-0.15, -0.1) is 0 Å². The summed E-state index contributed by atoms with van der Waals surface area (Å²) in [4.78, 5) is 0. The van der Waals surface area contributed by atoms with Crippen molar-refractivity contribution in [3.05, 3.63) is 89.0 Å². The van der Waals surface area contributed by atoms with E-state index in [9.17, 15) is 5.11 Å². The maximum absolute atomic E-state index is 10.6. The van der Waals surface area contributed by atoms with E-state index in [1.54, 1.807) is 0 Å². The zero-order valence-electron chi connectivity index (χ0n) is 30.1. The van der Waals surface area contributed by atoms with Gasteiger partial charge in [-0.2, -0.15) is 0 Å². The summed E-state index contributed by atoms with van der Waals surface area (Å²) < 4.78 is 12.0. The lowest BCUT2D eigenvalue weighted by molar-refractivity contribution is 0.304. The molecule has 0 atom stereocenters. The highest BCUT2D eigenvalue weighted by Crippen LogP contribution is 2.25. The first kappa shape index (κ1) is 38.5. The fourth-order valence-corrected chi connectivity index (χ4v) is 6.31. The van der Waals surface area contributed by atoms with Gasteiger partial charge >= 0.3 is 0 Å². The van der Waals surface area contributed by atoms with Crippen molar-refractivity contribution < 1.29 is 14.6 Å². The second-order valence-corrected chi connectivity index (χ2v) is 13.7. The third-order valence-electron chi connectivity index (χ3n) is 9.33. The van der Waals surface area contributed by atoms with Crippen molar-refractivity contribution >= 4 is 0 Å². The van der Waals surface area contributed by atoms with Crippen LogP contribution in [0.4, 0.5) is 0 Å². The van der Waals surface area contributed by atoms with Gasteiger partial charge in [0.25, 0.3) is 0 Å². The molecule has 0 aliphatic rings. The number of phenolic OH excluding ortho intramolecular Hbond substituents is 1. The highest BCUT2D eigenvalue weighted by molar-refractivity contribution is 5.42. The molecule has 3 nitrogen and oxygen atoms in total. The van der Waals surface area contributed by atoms with Crippen LogP contribution in [-0.2, 0) is 12.8 Å². The molecule has 47 heavy (non-hydrogen) atoms. The lowest BCUT2D eigenvalue weighted by Gasteiger charge is -2.11. The van der Waals surface area contributed by atoms with Crippen LogP contribution in [0.3, 0.4) is 0 Å². The van der Waals surface area contributed by atoms with Crippen molar-refractivity contribution in [3.8, 4) is 17.2 Å². The van der Waals surface area contributed by atoms with Crippen LogP contribution in [-0.4, -0.2) is 18.3 Å². The Hall–Kier alpha value is -2.94. The topological polar surface area (TPSA) is 38.7 Å². The van der Waals surface area contributed by atoms with Crippen molar-refractivity contribution in [2.75, 3.05) is 13.2 Å². The predicted molar refractivity (Wildman–Crippen MR) is 201 cm³/mol. The zero-order valence-corrected chi connectivity index (χ0v) is 30.1. The third kappa shape index (κ3) is 17.7. The van der Waals surface area contributed by atoms with Crippen LogP contribution in [0, 0.1) is 0 Å². The number of hydrogen-bond donors (Lipinski definition) is 1. The van der Waals surface area contributed by atoms with E-state index in [-0.39, 0.29) is 0 Å². The van der Waals surface area contributed by atoms with E-state index in [2.05, 4.69) is 68.4 Å². The molecule has 0 bridgehead atoms. The first-order chi connectivity index (χ1) is 23.2. The van der Waals surface area contributed by atoms with E-state index in [4.69, 9.17) is 9.47 Å². The molecule has 0 saturated heterocycles. The van der Waals surface area contributed by atoms with Crippen molar-refractivity contribution in [1.82, 2.24) is 0 Å². The number of hydrogen-bond acceptors (Lipinski definition) is 3. The minimum Gasteiger partial charge on any atom is -0.508 e.